The number of carbonyl (C=O) groups is 4. The van der Waals surface area contributed by atoms with Crippen LogP contribution in [0.5, 0.6) is 5.75 Å². The number of para-hydroxylation sites is 1. The molecule has 0 aliphatic carbocycles. The number of methoxy groups -OCH3 is 1. The maximum Gasteiger partial charge on any atom is 0.291 e. The number of amides is 4. The van der Waals surface area contributed by atoms with E-state index in [4.69, 9.17) is 22.1 Å². The van der Waals surface area contributed by atoms with Crippen molar-refractivity contribution in [1.29, 1.82) is 0 Å². The van der Waals surface area contributed by atoms with Crippen molar-refractivity contribution in [2.75, 3.05) is 12.4 Å². The lowest BCUT2D eigenvalue weighted by Crippen LogP contribution is -2.99. The molecule has 0 bridgehead atoms. The minimum absolute atomic E-state index is 0.0251. The molecule has 0 unspecified atom stereocenters. The van der Waals surface area contributed by atoms with Gasteiger partial charge in [0.15, 0.2) is 0 Å². The summed E-state index contributed by atoms with van der Waals surface area (Å²) in [5.74, 6) is -2.84. The molecule has 3 aliphatic heterocycles. The quantitative estimate of drug-likeness (QED) is 0.514. The molecule has 1 spiro atoms. The third kappa shape index (κ3) is 3.19. The van der Waals surface area contributed by atoms with Gasteiger partial charge in [-0.15, -0.1) is 0 Å². The lowest BCUT2D eigenvalue weighted by atomic mass is 9.76. The molecule has 5 N–H and O–H groups in total. The molecule has 2 fully saturated rings. The number of imide groups is 1. The van der Waals surface area contributed by atoms with Crippen molar-refractivity contribution in [3.8, 4) is 5.75 Å². The normalized spacial score (nSPS) is 27.2. The first kappa shape index (κ1) is 22.4. The fraction of sp³-hybridized carbons (Fsp3) is 0.333. The number of primary amides is 1. The number of nitrogens with two attached hydrogens (primary N) is 2. The minimum atomic E-state index is -1.35. The van der Waals surface area contributed by atoms with E-state index in [0.717, 1.165) is 0 Å². The highest BCUT2D eigenvalue weighted by Gasteiger charge is 2.74. The summed E-state index contributed by atoms with van der Waals surface area (Å²) in [7, 11) is 1.52. The molecule has 3 heterocycles. The van der Waals surface area contributed by atoms with E-state index >= 15 is 0 Å². The highest BCUT2D eigenvalue weighted by atomic mass is 35.5. The van der Waals surface area contributed by atoms with Crippen molar-refractivity contribution in [2.45, 2.75) is 31.0 Å². The van der Waals surface area contributed by atoms with Crippen LogP contribution >= 0.6 is 11.6 Å². The molecular formula is C24H24ClN4O5+. The van der Waals surface area contributed by atoms with E-state index in [1.165, 1.54) is 12.0 Å². The zero-order valence-electron chi connectivity index (χ0n) is 18.4. The number of nitrogens with zero attached hydrogens (tertiary/aromatic N) is 1. The molecule has 0 radical (unpaired) electrons. The van der Waals surface area contributed by atoms with Crippen molar-refractivity contribution >= 4 is 40.9 Å². The molecule has 2 aromatic carbocycles. The van der Waals surface area contributed by atoms with Gasteiger partial charge >= 0.3 is 0 Å². The second-order valence-corrected chi connectivity index (χ2v) is 9.36. The number of carbonyl (C=O) groups excluding carboxylic acids is 4. The van der Waals surface area contributed by atoms with Gasteiger partial charge in [0.25, 0.3) is 5.91 Å². The number of ether oxygens (including phenoxy) is 1. The van der Waals surface area contributed by atoms with Gasteiger partial charge in [0.1, 0.15) is 23.6 Å². The molecule has 4 amide bonds. The number of anilines is 1. The van der Waals surface area contributed by atoms with Crippen LogP contribution in [-0.2, 0) is 31.3 Å². The highest BCUT2D eigenvalue weighted by Crippen LogP contribution is 2.50. The molecule has 0 aromatic heterocycles. The van der Waals surface area contributed by atoms with Gasteiger partial charge in [-0.1, -0.05) is 29.8 Å². The van der Waals surface area contributed by atoms with Crippen LogP contribution in [0.4, 0.5) is 5.69 Å². The fourth-order valence-electron chi connectivity index (χ4n) is 5.73. The summed E-state index contributed by atoms with van der Waals surface area (Å²) in [6.45, 7) is 0.0251. The Kier molecular flexibility index (Phi) is 5.33. The van der Waals surface area contributed by atoms with Gasteiger partial charge in [0, 0.05) is 29.0 Å². The molecule has 34 heavy (non-hydrogen) atoms. The first-order valence-electron chi connectivity index (χ1n) is 11.0. The van der Waals surface area contributed by atoms with Gasteiger partial charge in [-0.05, 0) is 24.3 Å². The maximum absolute atomic E-state index is 13.8. The van der Waals surface area contributed by atoms with Crippen LogP contribution in [-0.4, -0.2) is 41.7 Å². The molecule has 2 saturated heterocycles. The number of benzene rings is 2. The van der Waals surface area contributed by atoms with E-state index in [2.05, 4.69) is 5.32 Å². The van der Waals surface area contributed by atoms with Gasteiger partial charge in [-0.3, -0.25) is 24.1 Å². The van der Waals surface area contributed by atoms with Gasteiger partial charge in [-0.2, -0.15) is 0 Å². The Balaban J connectivity index is 1.59. The van der Waals surface area contributed by atoms with Crippen molar-refractivity contribution < 1.29 is 29.2 Å². The van der Waals surface area contributed by atoms with E-state index in [0.29, 0.717) is 27.6 Å². The molecule has 2 aromatic rings. The summed E-state index contributed by atoms with van der Waals surface area (Å²) in [6, 6.07) is 11.7. The number of fused-ring (bicyclic) bond motifs is 4. The predicted molar refractivity (Wildman–Crippen MR) is 121 cm³/mol. The lowest BCUT2D eigenvalue weighted by Gasteiger charge is -2.26. The van der Waals surface area contributed by atoms with Gasteiger partial charge in [0.05, 0.1) is 19.3 Å². The molecule has 9 nitrogen and oxygen atoms in total. The van der Waals surface area contributed by atoms with Crippen molar-refractivity contribution in [1.82, 2.24) is 4.90 Å². The molecule has 0 saturated carbocycles. The molecule has 176 valence electrons. The monoisotopic (exact) mass is 483 g/mol. The number of rotatable bonds is 6. The van der Waals surface area contributed by atoms with Crippen LogP contribution in [0.3, 0.4) is 0 Å². The van der Waals surface area contributed by atoms with E-state index in [9.17, 15) is 19.2 Å². The predicted octanol–water partition coefficient (Wildman–Crippen LogP) is 0.509. The molecular weight excluding hydrogens is 460 g/mol. The van der Waals surface area contributed by atoms with Crippen LogP contribution in [0.2, 0.25) is 5.02 Å². The number of nitrogens with one attached hydrogen (secondary N) is 1. The number of hydrogen-bond donors (Lipinski definition) is 3. The fourth-order valence-corrected chi connectivity index (χ4v) is 5.90. The van der Waals surface area contributed by atoms with E-state index in [1.54, 1.807) is 47.8 Å². The zero-order chi connectivity index (χ0) is 24.2. The largest absolute Gasteiger partial charge is 0.496 e. The van der Waals surface area contributed by atoms with Crippen molar-refractivity contribution in [3.63, 3.8) is 0 Å². The number of hydrogen-bond acceptors (Lipinski definition) is 5. The third-order valence-corrected chi connectivity index (χ3v) is 7.40. The number of halogens is 1. The summed E-state index contributed by atoms with van der Waals surface area (Å²) in [5, 5.41) is 5.03. The Bertz CT molecular complexity index is 1230. The average molecular weight is 484 g/mol. The van der Waals surface area contributed by atoms with Crippen LogP contribution < -0.4 is 21.1 Å². The van der Waals surface area contributed by atoms with Gasteiger partial charge < -0.3 is 21.1 Å². The molecule has 3 aliphatic rings. The summed E-state index contributed by atoms with van der Waals surface area (Å²) in [5.41, 5.74) is 5.83. The van der Waals surface area contributed by atoms with Crippen LogP contribution in [0, 0.1) is 11.8 Å². The first-order valence-corrected chi connectivity index (χ1v) is 11.4. The standard InChI is InChI=1S/C24H23ClN4O5/c1-34-17-5-3-2-4-12(17)11-29-21(31)19-16(8-9-18(26)30)28-24(20(19)22(29)32)14-10-13(25)6-7-15(14)27-23(24)33/h2-7,10,16,19-20,28H,8-9,11H2,1H3,(H2,26,30)(H,27,33)/p+1/t16-,19-,20+,24+/m0/s1. The van der Waals surface area contributed by atoms with Gasteiger partial charge in [-0.25, -0.2) is 0 Å². The number of quaternary nitrogens is 1. The topological polar surface area (TPSA) is 135 Å². The Morgan fingerprint density at radius 3 is 2.71 bits per heavy atom. The molecule has 4 atom stereocenters. The SMILES string of the molecule is COc1ccccc1CN1C(=O)[C@H]2[C@H](CCC(N)=O)[NH2+][C@@]3(C(=O)Nc4ccc(Cl)cc43)[C@H]2C1=O. The second-order valence-electron chi connectivity index (χ2n) is 8.93. The summed E-state index contributed by atoms with van der Waals surface area (Å²) in [6.07, 6.45) is 0.307. The Labute approximate surface area is 200 Å². The van der Waals surface area contributed by atoms with E-state index in [1.807, 2.05) is 0 Å². The Morgan fingerprint density at radius 1 is 1.21 bits per heavy atom. The van der Waals surface area contributed by atoms with Crippen LogP contribution in [0.15, 0.2) is 42.5 Å². The van der Waals surface area contributed by atoms with Crippen LogP contribution in [0.25, 0.3) is 0 Å². The maximum atomic E-state index is 13.8. The second kappa shape index (κ2) is 8.11. The van der Waals surface area contributed by atoms with E-state index in [-0.39, 0.29) is 31.2 Å². The zero-order valence-corrected chi connectivity index (χ0v) is 19.2. The Hall–Kier alpha value is -3.43. The first-order chi connectivity index (χ1) is 16.3. The van der Waals surface area contributed by atoms with Crippen LogP contribution in [0.1, 0.15) is 24.0 Å². The smallest absolute Gasteiger partial charge is 0.291 e. The number of likely N-dealkylation sites (tertiary alicyclic amines) is 1. The average Bonchev–Trinajstić information content (AvgIpc) is 3.39. The van der Waals surface area contributed by atoms with Crippen molar-refractivity contribution in [3.05, 3.63) is 58.6 Å². The summed E-state index contributed by atoms with van der Waals surface area (Å²) in [4.78, 5) is 53.6. The highest BCUT2D eigenvalue weighted by molar-refractivity contribution is 6.31. The minimum Gasteiger partial charge on any atom is -0.496 e. The van der Waals surface area contributed by atoms with Crippen molar-refractivity contribution in [2.24, 2.45) is 17.6 Å². The third-order valence-electron chi connectivity index (χ3n) is 7.17. The lowest BCUT2D eigenvalue weighted by molar-refractivity contribution is -0.734. The Morgan fingerprint density at radius 2 is 1.97 bits per heavy atom. The molecule has 10 heteroatoms. The van der Waals surface area contributed by atoms with Gasteiger partial charge in [0.2, 0.25) is 23.3 Å². The van der Waals surface area contributed by atoms with E-state index < -0.39 is 35.2 Å². The summed E-state index contributed by atoms with van der Waals surface area (Å²) >= 11 is 6.26. The summed E-state index contributed by atoms with van der Waals surface area (Å²) < 4.78 is 5.39. The molecule has 5 rings (SSSR count).